The normalized spacial score (nSPS) is 10.9. The highest BCUT2D eigenvalue weighted by Gasteiger charge is 2.11. The molecule has 0 aliphatic heterocycles. The minimum atomic E-state index is -0.303. The van der Waals surface area contributed by atoms with Crippen LogP contribution in [0.15, 0.2) is 78.2 Å². The number of hydrogen-bond donors (Lipinski definition) is 1. The smallest absolute Gasteiger partial charge is 0.255 e. The second-order valence-corrected chi connectivity index (χ2v) is 6.33. The summed E-state index contributed by atoms with van der Waals surface area (Å²) >= 11 is 0. The summed E-state index contributed by atoms with van der Waals surface area (Å²) in [5, 5.41) is 4.51. The van der Waals surface area contributed by atoms with Crippen molar-refractivity contribution in [3.8, 4) is 5.69 Å². The molecule has 0 atom stereocenters. The first-order valence-corrected chi connectivity index (χ1v) is 8.52. The van der Waals surface area contributed by atoms with Crippen molar-refractivity contribution < 1.29 is 4.79 Å². The van der Waals surface area contributed by atoms with E-state index in [1.54, 1.807) is 35.0 Å². The van der Waals surface area contributed by atoms with Crippen LogP contribution >= 0.6 is 0 Å². The van der Waals surface area contributed by atoms with E-state index < -0.39 is 0 Å². The predicted octanol–water partition coefficient (Wildman–Crippen LogP) is 3.97. The van der Waals surface area contributed by atoms with Crippen LogP contribution < -0.4 is 10.9 Å². The lowest BCUT2D eigenvalue weighted by molar-refractivity contribution is -0.111. The molecule has 2 aromatic heterocycles. The van der Waals surface area contributed by atoms with Gasteiger partial charge < -0.3 is 5.32 Å². The average molecular weight is 355 g/mol. The van der Waals surface area contributed by atoms with E-state index in [1.807, 2.05) is 31.2 Å². The van der Waals surface area contributed by atoms with E-state index in [0.717, 1.165) is 27.4 Å². The van der Waals surface area contributed by atoms with Gasteiger partial charge in [0.15, 0.2) is 0 Å². The Hall–Kier alpha value is -3.73. The zero-order valence-electron chi connectivity index (χ0n) is 14.8. The summed E-state index contributed by atoms with van der Waals surface area (Å²) in [5.74, 6) is -0.303. The maximum absolute atomic E-state index is 12.8. The topological polar surface area (TPSA) is 64.0 Å². The van der Waals surface area contributed by atoms with Crippen LogP contribution in [0.2, 0.25) is 0 Å². The maximum Gasteiger partial charge on any atom is 0.255 e. The lowest BCUT2D eigenvalue weighted by Crippen LogP contribution is -2.18. The minimum Gasteiger partial charge on any atom is -0.322 e. The van der Waals surface area contributed by atoms with Gasteiger partial charge in [-0.2, -0.15) is 0 Å². The Morgan fingerprint density at radius 1 is 1.15 bits per heavy atom. The van der Waals surface area contributed by atoms with Crippen LogP contribution in [0, 0.1) is 6.92 Å². The number of carbonyl (C=O) groups is 1. The van der Waals surface area contributed by atoms with Gasteiger partial charge in [-0.3, -0.25) is 19.1 Å². The molecule has 27 heavy (non-hydrogen) atoms. The predicted molar refractivity (Wildman–Crippen MR) is 108 cm³/mol. The van der Waals surface area contributed by atoms with Gasteiger partial charge in [0.05, 0.1) is 16.7 Å². The van der Waals surface area contributed by atoms with Crippen LogP contribution in [0.4, 0.5) is 5.69 Å². The van der Waals surface area contributed by atoms with Gasteiger partial charge in [0.1, 0.15) is 0 Å². The summed E-state index contributed by atoms with van der Waals surface area (Å²) in [7, 11) is 0. The van der Waals surface area contributed by atoms with Gasteiger partial charge in [0.25, 0.3) is 5.56 Å². The third-order valence-electron chi connectivity index (χ3n) is 4.43. The molecule has 0 radical (unpaired) electrons. The lowest BCUT2D eigenvalue weighted by atomic mass is 10.1. The van der Waals surface area contributed by atoms with Crippen molar-refractivity contribution in [1.82, 2.24) is 9.55 Å². The fourth-order valence-electron chi connectivity index (χ4n) is 3.20. The summed E-state index contributed by atoms with van der Waals surface area (Å²) in [6.45, 7) is 5.47. The molecule has 0 fully saturated rings. The highest BCUT2D eigenvalue weighted by molar-refractivity contribution is 6.04. The van der Waals surface area contributed by atoms with E-state index in [2.05, 4.69) is 16.9 Å². The average Bonchev–Trinajstić information content (AvgIpc) is 2.67. The number of nitrogens with zero attached hydrogens (tertiary/aromatic N) is 2. The maximum atomic E-state index is 12.8. The summed E-state index contributed by atoms with van der Waals surface area (Å²) in [5.41, 5.74) is 3.82. The molecule has 4 aromatic rings. The van der Waals surface area contributed by atoms with Gasteiger partial charge in [-0.1, -0.05) is 24.3 Å². The highest BCUT2D eigenvalue weighted by atomic mass is 16.1. The highest BCUT2D eigenvalue weighted by Crippen LogP contribution is 2.26. The molecule has 0 aliphatic carbocycles. The molecule has 0 unspecified atom stereocenters. The first kappa shape index (κ1) is 16.7. The molecule has 132 valence electrons. The van der Waals surface area contributed by atoms with Crippen LogP contribution in [0.1, 0.15) is 5.56 Å². The standard InChI is InChI=1S/C22H17N3O2/c1-3-20(26)24-16-5-4-6-17(12-16)25-21(27)10-8-15-13-23-19-9-7-14(2)11-18(19)22(15)25/h3-13H,1H2,2H3,(H,24,26). The fourth-order valence-corrected chi connectivity index (χ4v) is 3.20. The van der Waals surface area contributed by atoms with Gasteiger partial charge in [0, 0.05) is 28.7 Å². The molecule has 0 bridgehead atoms. The first-order valence-electron chi connectivity index (χ1n) is 8.52. The SMILES string of the molecule is C=CC(=O)Nc1cccc(-n2c(=O)ccc3cnc4ccc(C)cc4c32)c1. The Kier molecular flexibility index (Phi) is 4.05. The fraction of sp³-hybridized carbons (Fsp3) is 0.0455. The molecule has 0 saturated carbocycles. The second-order valence-electron chi connectivity index (χ2n) is 6.33. The quantitative estimate of drug-likeness (QED) is 0.447. The Morgan fingerprint density at radius 2 is 2.00 bits per heavy atom. The number of carbonyl (C=O) groups excluding carboxylic acids is 1. The number of hydrogen-bond acceptors (Lipinski definition) is 3. The monoisotopic (exact) mass is 355 g/mol. The zero-order chi connectivity index (χ0) is 19.0. The molecular weight excluding hydrogens is 338 g/mol. The van der Waals surface area contributed by atoms with Crippen molar-refractivity contribution in [2.75, 3.05) is 5.32 Å². The number of amides is 1. The number of benzene rings is 2. The second kappa shape index (κ2) is 6.53. The molecule has 5 heteroatoms. The molecule has 2 aromatic carbocycles. The van der Waals surface area contributed by atoms with Gasteiger partial charge in [-0.15, -0.1) is 0 Å². The summed E-state index contributed by atoms with van der Waals surface area (Å²) in [4.78, 5) is 28.9. The molecule has 5 nitrogen and oxygen atoms in total. The van der Waals surface area contributed by atoms with Crippen molar-refractivity contribution >= 4 is 33.4 Å². The minimum absolute atomic E-state index is 0.149. The number of pyridine rings is 2. The van der Waals surface area contributed by atoms with Gasteiger partial charge >= 0.3 is 0 Å². The van der Waals surface area contributed by atoms with E-state index in [4.69, 9.17) is 0 Å². The lowest BCUT2D eigenvalue weighted by Gasteiger charge is -2.14. The van der Waals surface area contributed by atoms with Crippen LogP contribution in [0.5, 0.6) is 0 Å². The van der Waals surface area contributed by atoms with E-state index in [0.29, 0.717) is 11.4 Å². The molecular formula is C22H17N3O2. The van der Waals surface area contributed by atoms with Crippen molar-refractivity contribution in [3.05, 3.63) is 89.4 Å². The summed E-state index contributed by atoms with van der Waals surface area (Å²) in [6, 6.07) is 16.5. The van der Waals surface area contributed by atoms with Gasteiger partial charge in [-0.05, 0) is 49.4 Å². The first-order chi connectivity index (χ1) is 13.1. The Balaban J connectivity index is 2.04. The van der Waals surface area contributed by atoms with Crippen LogP contribution in [-0.4, -0.2) is 15.5 Å². The van der Waals surface area contributed by atoms with Gasteiger partial charge in [0.2, 0.25) is 5.91 Å². The van der Waals surface area contributed by atoms with Crippen molar-refractivity contribution in [2.24, 2.45) is 0 Å². The molecule has 4 rings (SSSR count). The number of fused-ring (bicyclic) bond motifs is 3. The van der Waals surface area contributed by atoms with Crippen molar-refractivity contribution in [1.29, 1.82) is 0 Å². The number of anilines is 1. The number of aryl methyl sites for hydroxylation is 1. The van der Waals surface area contributed by atoms with E-state index >= 15 is 0 Å². The van der Waals surface area contributed by atoms with Crippen LogP contribution in [0.25, 0.3) is 27.5 Å². The molecule has 0 saturated heterocycles. The number of nitrogens with one attached hydrogen (secondary N) is 1. The summed E-state index contributed by atoms with van der Waals surface area (Å²) in [6.07, 6.45) is 2.98. The molecule has 2 heterocycles. The number of rotatable bonds is 3. The van der Waals surface area contributed by atoms with Crippen molar-refractivity contribution in [2.45, 2.75) is 6.92 Å². The Labute approximate surface area is 155 Å². The third kappa shape index (κ3) is 3.00. The molecule has 0 spiro atoms. The molecule has 1 N–H and O–H groups in total. The van der Waals surface area contributed by atoms with Crippen LogP contribution in [-0.2, 0) is 4.79 Å². The zero-order valence-corrected chi connectivity index (χ0v) is 14.8. The Bertz CT molecular complexity index is 1270. The Morgan fingerprint density at radius 3 is 2.81 bits per heavy atom. The van der Waals surface area contributed by atoms with Crippen molar-refractivity contribution in [3.63, 3.8) is 0 Å². The van der Waals surface area contributed by atoms with E-state index in [9.17, 15) is 9.59 Å². The van der Waals surface area contributed by atoms with E-state index in [1.165, 1.54) is 12.1 Å². The number of aromatic nitrogens is 2. The van der Waals surface area contributed by atoms with Gasteiger partial charge in [-0.25, -0.2) is 0 Å². The van der Waals surface area contributed by atoms with Crippen LogP contribution in [0.3, 0.4) is 0 Å². The summed E-state index contributed by atoms with van der Waals surface area (Å²) < 4.78 is 1.66. The largest absolute Gasteiger partial charge is 0.322 e. The third-order valence-corrected chi connectivity index (χ3v) is 4.43. The molecule has 1 amide bonds. The van der Waals surface area contributed by atoms with E-state index in [-0.39, 0.29) is 11.5 Å². The molecule has 0 aliphatic rings.